The van der Waals surface area contributed by atoms with E-state index < -0.39 is 97.5 Å². The van der Waals surface area contributed by atoms with E-state index in [1.54, 1.807) is 0 Å². The lowest BCUT2D eigenvalue weighted by Gasteiger charge is -2.21. The molecule has 19 heteroatoms. The van der Waals surface area contributed by atoms with Gasteiger partial charge in [-0.05, 0) is 69.1 Å². The van der Waals surface area contributed by atoms with Crippen molar-refractivity contribution in [3.63, 3.8) is 0 Å². The fourth-order valence-electron chi connectivity index (χ4n) is 12.4. The molecule has 3 unspecified atom stereocenters. The van der Waals surface area contributed by atoms with Gasteiger partial charge >= 0.3 is 39.5 Å². The van der Waals surface area contributed by atoms with Crippen LogP contribution in [0.4, 0.5) is 0 Å². The number of rotatable bonds is 80. The van der Waals surface area contributed by atoms with Gasteiger partial charge < -0.3 is 33.8 Å². The largest absolute Gasteiger partial charge is 0.472 e. The number of hydrogen-bond donors (Lipinski definition) is 3. The number of aliphatic hydroxyl groups is 1. The van der Waals surface area contributed by atoms with Crippen LogP contribution >= 0.6 is 15.6 Å². The van der Waals surface area contributed by atoms with Crippen molar-refractivity contribution in [3.05, 3.63) is 24.3 Å². The number of carbonyl (C=O) groups is 4. The molecule has 103 heavy (non-hydrogen) atoms. The number of allylic oxidation sites excluding steroid dienone is 4. The van der Waals surface area contributed by atoms with Crippen molar-refractivity contribution in [2.24, 2.45) is 17.8 Å². The van der Waals surface area contributed by atoms with Crippen LogP contribution in [-0.2, 0) is 65.4 Å². The van der Waals surface area contributed by atoms with E-state index in [9.17, 15) is 43.2 Å². The molecule has 0 bridgehead atoms. The van der Waals surface area contributed by atoms with Crippen LogP contribution < -0.4 is 0 Å². The van der Waals surface area contributed by atoms with Gasteiger partial charge in [0.05, 0.1) is 26.4 Å². The molecule has 0 aliphatic rings. The number of unbranched alkanes of at least 4 members (excludes halogenated alkanes) is 44. The summed E-state index contributed by atoms with van der Waals surface area (Å²) in [4.78, 5) is 73.1. The van der Waals surface area contributed by atoms with Crippen LogP contribution in [0, 0.1) is 17.8 Å². The van der Waals surface area contributed by atoms with Gasteiger partial charge in [-0.25, -0.2) is 9.13 Å². The number of ether oxygens (including phenoxy) is 4. The summed E-state index contributed by atoms with van der Waals surface area (Å²) in [7, 11) is -9.94. The van der Waals surface area contributed by atoms with E-state index in [1.165, 1.54) is 205 Å². The number of carbonyl (C=O) groups excluding carboxylic acids is 4. The molecular formula is C84H160O17P2. The van der Waals surface area contributed by atoms with Crippen molar-refractivity contribution in [3.8, 4) is 0 Å². The maximum atomic E-state index is 13.1. The van der Waals surface area contributed by atoms with Crippen LogP contribution in [-0.4, -0.2) is 96.7 Å². The molecule has 0 aliphatic heterocycles. The van der Waals surface area contributed by atoms with Gasteiger partial charge in [-0.15, -0.1) is 0 Å². The lowest BCUT2D eigenvalue weighted by molar-refractivity contribution is -0.161. The second-order valence-electron chi connectivity index (χ2n) is 30.7. The normalized spacial score (nSPS) is 14.3. The zero-order valence-corrected chi connectivity index (χ0v) is 69.1. The Morgan fingerprint density at radius 2 is 0.573 bits per heavy atom. The van der Waals surface area contributed by atoms with Gasteiger partial charge in [-0.1, -0.05) is 362 Å². The molecule has 0 aromatic heterocycles. The molecular weight excluding hydrogens is 1340 g/mol. The van der Waals surface area contributed by atoms with Crippen molar-refractivity contribution in [1.82, 2.24) is 0 Å². The molecule has 3 N–H and O–H groups in total. The third-order valence-corrected chi connectivity index (χ3v) is 21.3. The highest BCUT2D eigenvalue weighted by molar-refractivity contribution is 7.47. The quantitative estimate of drug-likeness (QED) is 0.0169. The smallest absolute Gasteiger partial charge is 0.462 e. The summed E-state index contributed by atoms with van der Waals surface area (Å²) in [5.41, 5.74) is 0. The fraction of sp³-hybridized carbons (Fsp3) is 0.905. The second-order valence-corrected chi connectivity index (χ2v) is 33.6. The van der Waals surface area contributed by atoms with Crippen molar-refractivity contribution in [1.29, 1.82) is 0 Å². The minimum Gasteiger partial charge on any atom is -0.462 e. The van der Waals surface area contributed by atoms with Crippen molar-refractivity contribution in [2.45, 2.75) is 433 Å². The highest BCUT2D eigenvalue weighted by Crippen LogP contribution is 2.45. The van der Waals surface area contributed by atoms with E-state index in [-0.39, 0.29) is 25.7 Å². The van der Waals surface area contributed by atoms with Crippen molar-refractivity contribution < 1.29 is 80.2 Å². The lowest BCUT2D eigenvalue weighted by atomic mass is 9.99. The Labute approximate surface area is 631 Å². The van der Waals surface area contributed by atoms with Gasteiger partial charge in [0.15, 0.2) is 12.2 Å². The van der Waals surface area contributed by atoms with Crippen LogP contribution in [0.15, 0.2) is 24.3 Å². The molecule has 6 atom stereocenters. The number of aliphatic hydroxyl groups excluding tert-OH is 1. The molecule has 0 saturated heterocycles. The predicted octanol–water partition coefficient (Wildman–Crippen LogP) is 24.9. The van der Waals surface area contributed by atoms with E-state index in [1.807, 2.05) is 0 Å². The predicted molar refractivity (Wildman–Crippen MR) is 423 cm³/mol. The first-order valence-electron chi connectivity index (χ1n) is 42.7. The van der Waals surface area contributed by atoms with Crippen LogP contribution in [0.25, 0.3) is 0 Å². The molecule has 0 aromatic rings. The van der Waals surface area contributed by atoms with Crippen LogP contribution in [0.1, 0.15) is 414 Å². The number of hydrogen-bond acceptors (Lipinski definition) is 15. The molecule has 0 spiro atoms. The van der Waals surface area contributed by atoms with E-state index in [0.717, 1.165) is 127 Å². The Balaban J connectivity index is 5.28. The Bertz CT molecular complexity index is 2090. The highest BCUT2D eigenvalue weighted by atomic mass is 31.2. The molecule has 17 nitrogen and oxygen atoms in total. The fourth-order valence-corrected chi connectivity index (χ4v) is 14.0. The molecule has 0 heterocycles. The van der Waals surface area contributed by atoms with Gasteiger partial charge in [-0.3, -0.25) is 37.3 Å². The molecule has 0 saturated carbocycles. The van der Waals surface area contributed by atoms with Crippen LogP contribution in [0.3, 0.4) is 0 Å². The summed E-state index contributed by atoms with van der Waals surface area (Å²) in [6.45, 7) is 11.9. The zero-order valence-electron chi connectivity index (χ0n) is 67.3. The first-order chi connectivity index (χ1) is 49.8. The Kier molecular flexibility index (Phi) is 71.9. The van der Waals surface area contributed by atoms with Gasteiger partial charge in [-0.2, -0.15) is 0 Å². The average Bonchev–Trinajstić information content (AvgIpc) is 0.914. The summed E-state index contributed by atoms with van der Waals surface area (Å²) in [5.74, 6) is 0.232. The molecule has 608 valence electrons. The first-order valence-corrected chi connectivity index (χ1v) is 45.7. The second kappa shape index (κ2) is 73.7. The highest BCUT2D eigenvalue weighted by Gasteiger charge is 2.30. The monoisotopic (exact) mass is 1500 g/mol. The Hall–Kier alpha value is -2.46. The number of phosphoric ester groups is 2. The minimum atomic E-state index is -4.97. The molecule has 0 radical (unpaired) electrons. The third kappa shape index (κ3) is 76.1. The molecule has 0 amide bonds. The SMILES string of the molecule is CCCCCC/C=C\C=C/CCCCCCCC(=O)OC[C@H](COP(=O)(O)OC[C@@H](O)COP(=O)(O)OC[C@@H](COC(=O)CCCCCCCCCCC(C)CC)OC(=O)CCCCCCCCCCCCCCC(C)C)OC(=O)CCCCCCCCCCCCCCCCCCCCC(C)C. The van der Waals surface area contributed by atoms with E-state index in [0.29, 0.717) is 25.7 Å². The van der Waals surface area contributed by atoms with E-state index in [4.69, 9.17) is 37.0 Å². The Morgan fingerprint density at radius 1 is 0.320 bits per heavy atom. The summed E-state index contributed by atoms with van der Waals surface area (Å²) >= 11 is 0. The molecule has 0 fully saturated rings. The summed E-state index contributed by atoms with van der Waals surface area (Å²) < 4.78 is 68.8. The number of phosphoric acid groups is 2. The standard InChI is InChI=1S/C84H160O17P2/c1-8-10-11-12-13-14-15-16-21-25-31-36-44-51-58-65-81(86)94-71-79(100-83(88)67-60-53-46-37-32-26-23-20-18-17-19-22-24-29-34-41-48-55-62-75(3)4)73-98-102(90,91)96-69-78(85)70-97-103(92,93)99-74-80(72-95-82(87)66-59-52-45-40-39-43-50-57-64-77(7)9-2)101-84(89)68-61-54-47-38-33-28-27-30-35-42-49-56-63-76(5)6/h14-16,21,75-80,85H,8-13,17-20,22-74H2,1-7H3,(H,90,91)(H,92,93)/b15-14-,21-16-/t77?,78-,79-,80-/m1/s1. The maximum Gasteiger partial charge on any atom is 0.472 e. The van der Waals surface area contributed by atoms with Crippen molar-refractivity contribution in [2.75, 3.05) is 39.6 Å². The van der Waals surface area contributed by atoms with Crippen LogP contribution in [0.5, 0.6) is 0 Å². The van der Waals surface area contributed by atoms with Gasteiger partial charge in [0.1, 0.15) is 19.3 Å². The van der Waals surface area contributed by atoms with E-state index in [2.05, 4.69) is 72.8 Å². The first kappa shape index (κ1) is 101. The molecule has 0 aromatic carbocycles. The van der Waals surface area contributed by atoms with Gasteiger partial charge in [0, 0.05) is 25.7 Å². The zero-order chi connectivity index (χ0) is 75.8. The van der Waals surface area contributed by atoms with Crippen molar-refractivity contribution >= 4 is 39.5 Å². The topological polar surface area (TPSA) is 237 Å². The minimum absolute atomic E-state index is 0.101. The van der Waals surface area contributed by atoms with Gasteiger partial charge in [0.25, 0.3) is 0 Å². The summed E-state index contributed by atoms with van der Waals surface area (Å²) in [5, 5.41) is 10.7. The van der Waals surface area contributed by atoms with Gasteiger partial charge in [0.2, 0.25) is 0 Å². The lowest BCUT2D eigenvalue weighted by Crippen LogP contribution is -2.30. The number of esters is 4. The third-order valence-electron chi connectivity index (χ3n) is 19.4. The Morgan fingerprint density at radius 3 is 0.864 bits per heavy atom. The van der Waals surface area contributed by atoms with Crippen LogP contribution in [0.2, 0.25) is 0 Å². The maximum absolute atomic E-state index is 13.1. The molecule has 0 rings (SSSR count). The molecule has 0 aliphatic carbocycles. The van der Waals surface area contributed by atoms with E-state index >= 15 is 0 Å². The summed E-state index contributed by atoms with van der Waals surface area (Å²) in [6.07, 6.45) is 66.0. The summed E-state index contributed by atoms with van der Waals surface area (Å²) in [6, 6.07) is 0. The average molecular weight is 1500 g/mol.